The van der Waals surface area contributed by atoms with Crippen LogP contribution in [0.4, 0.5) is 0 Å². The first-order chi connectivity index (χ1) is 9.24. The standard InChI is InChI=1S/C14H13BrN2O2/c15-10-6-9(7-16-8-10)14(18)17-12-2-1-3-13-11(12)4-5-19-13/h4-8,12H,1-3H2,(H,17,18). The van der Waals surface area contributed by atoms with E-state index < -0.39 is 0 Å². The summed E-state index contributed by atoms with van der Waals surface area (Å²) in [6.45, 7) is 0. The number of nitrogens with one attached hydrogen (secondary N) is 1. The molecule has 0 bridgehead atoms. The van der Waals surface area contributed by atoms with Gasteiger partial charge in [-0.1, -0.05) is 0 Å². The fourth-order valence-electron chi connectivity index (χ4n) is 2.41. The molecule has 1 aliphatic carbocycles. The van der Waals surface area contributed by atoms with Gasteiger partial charge in [0.2, 0.25) is 0 Å². The van der Waals surface area contributed by atoms with E-state index in [4.69, 9.17) is 4.42 Å². The summed E-state index contributed by atoms with van der Waals surface area (Å²) in [4.78, 5) is 16.2. The van der Waals surface area contributed by atoms with Crippen molar-refractivity contribution in [3.05, 3.63) is 52.1 Å². The molecule has 2 aromatic heterocycles. The molecule has 0 radical (unpaired) electrons. The van der Waals surface area contributed by atoms with Crippen LogP contribution < -0.4 is 5.32 Å². The van der Waals surface area contributed by atoms with Gasteiger partial charge in [0.15, 0.2) is 0 Å². The Morgan fingerprint density at radius 1 is 1.47 bits per heavy atom. The molecule has 2 aromatic rings. The number of hydrogen-bond donors (Lipinski definition) is 1. The van der Waals surface area contributed by atoms with Gasteiger partial charge >= 0.3 is 0 Å². The molecule has 0 spiro atoms. The smallest absolute Gasteiger partial charge is 0.253 e. The van der Waals surface area contributed by atoms with E-state index in [0.717, 1.165) is 35.1 Å². The van der Waals surface area contributed by atoms with Crippen molar-refractivity contribution >= 4 is 21.8 Å². The Kier molecular flexibility index (Phi) is 3.38. The first-order valence-corrected chi connectivity index (χ1v) is 7.01. The van der Waals surface area contributed by atoms with Crippen LogP contribution in [0.25, 0.3) is 0 Å². The number of rotatable bonds is 2. The van der Waals surface area contributed by atoms with Crippen LogP contribution in [0.3, 0.4) is 0 Å². The van der Waals surface area contributed by atoms with Crippen molar-refractivity contribution in [3.8, 4) is 0 Å². The molecule has 2 heterocycles. The molecule has 1 unspecified atom stereocenters. The van der Waals surface area contributed by atoms with Crippen LogP contribution in [0.15, 0.2) is 39.7 Å². The number of nitrogens with zero attached hydrogens (tertiary/aromatic N) is 1. The first kappa shape index (κ1) is 12.4. The summed E-state index contributed by atoms with van der Waals surface area (Å²) in [5.74, 6) is 0.886. The van der Waals surface area contributed by atoms with E-state index in [1.807, 2.05) is 6.07 Å². The molecule has 98 valence electrons. The summed E-state index contributed by atoms with van der Waals surface area (Å²) in [5.41, 5.74) is 1.66. The largest absolute Gasteiger partial charge is 0.469 e. The fourth-order valence-corrected chi connectivity index (χ4v) is 2.78. The van der Waals surface area contributed by atoms with Gasteiger partial charge in [-0.2, -0.15) is 0 Å². The van der Waals surface area contributed by atoms with Gasteiger partial charge in [0.05, 0.1) is 17.9 Å². The van der Waals surface area contributed by atoms with E-state index in [1.165, 1.54) is 0 Å². The number of carbonyl (C=O) groups is 1. The van der Waals surface area contributed by atoms with Crippen LogP contribution in [-0.4, -0.2) is 10.9 Å². The zero-order valence-corrected chi connectivity index (χ0v) is 11.8. The van der Waals surface area contributed by atoms with Crippen LogP contribution in [0.2, 0.25) is 0 Å². The van der Waals surface area contributed by atoms with Crippen LogP contribution >= 0.6 is 15.9 Å². The molecular formula is C14H13BrN2O2. The highest BCUT2D eigenvalue weighted by Gasteiger charge is 2.24. The third-order valence-corrected chi connectivity index (χ3v) is 3.76. The van der Waals surface area contributed by atoms with Crippen molar-refractivity contribution in [2.45, 2.75) is 25.3 Å². The van der Waals surface area contributed by atoms with Crippen molar-refractivity contribution in [3.63, 3.8) is 0 Å². The zero-order valence-electron chi connectivity index (χ0n) is 10.2. The number of hydrogen-bond acceptors (Lipinski definition) is 3. The second kappa shape index (κ2) is 5.17. The highest BCUT2D eigenvalue weighted by atomic mass is 79.9. The maximum atomic E-state index is 12.2. The van der Waals surface area contributed by atoms with Crippen molar-refractivity contribution in [2.24, 2.45) is 0 Å². The number of carbonyl (C=O) groups excluding carboxylic acids is 1. The quantitative estimate of drug-likeness (QED) is 0.924. The lowest BCUT2D eigenvalue weighted by Gasteiger charge is -2.22. The van der Waals surface area contributed by atoms with E-state index in [2.05, 4.69) is 26.2 Å². The van der Waals surface area contributed by atoms with Crippen molar-refractivity contribution < 1.29 is 9.21 Å². The number of fused-ring (bicyclic) bond motifs is 1. The molecule has 3 rings (SSSR count). The lowest BCUT2D eigenvalue weighted by atomic mass is 9.93. The van der Waals surface area contributed by atoms with Crippen LogP contribution in [-0.2, 0) is 6.42 Å². The van der Waals surface area contributed by atoms with Gasteiger partial charge in [-0.15, -0.1) is 0 Å². The lowest BCUT2D eigenvalue weighted by molar-refractivity contribution is 0.0932. The second-order valence-electron chi connectivity index (χ2n) is 4.61. The van der Waals surface area contributed by atoms with Crippen LogP contribution in [0.1, 0.15) is 40.6 Å². The molecule has 5 heteroatoms. The van der Waals surface area contributed by atoms with Crippen LogP contribution in [0.5, 0.6) is 0 Å². The van der Waals surface area contributed by atoms with Gasteiger partial charge in [0, 0.05) is 28.9 Å². The number of aryl methyl sites for hydroxylation is 1. The minimum absolute atomic E-state index is 0.0361. The molecule has 1 amide bonds. The van der Waals surface area contributed by atoms with Crippen LogP contribution in [0, 0.1) is 0 Å². The fraction of sp³-hybridized carbons (Fsp3) is 0.286. The normalized spacial score (nSPS) is 17.8. The average molecular weight is 321 g/mol. The van der Waals surface area contributed by atoms with Gasteiger partial charge in [0.25, 0.3) is 5.91 Å². The Balaban J connectivity index is 1.78. The van der Waals surface area contributed by atoms with Crippen molar-refractivity contribution in [1.29, 1.82) is 0 Å². The Bertz CT molecular complexity index is 609. The zero-order chi connectivity index (χ0) is 13.2. The minimum atomic E-state index is -0.104. The third-order valence-electron chi connectivity index (χ3n) is 3.32. The Hall–Kier alpha value is -1.62. The molecule has 4 nitrogen and oxygen atoms in total. The monoisotopic (exact) mass is 320 g/mol. The van der Waals surface area contributed by atoms with E-state index >= 15 is 0 Å². The molecule has 1 atom stereocenters. The van der Waals surface area contributed by atoms with Gasteiger partial charge in [-0.3, -0.25) is 9.78 Å². The van der Waals surface area contributed by atoms with E-state index in [-0.39, 0.29) is 11.9 Å². The summed E-state index contributed by atoms with van der Waals surface area (Å²) < 4.78 is 6.22. The molecular weight excluding hydrogens is 308 g/mol. The molecule has 0 saturated heterocycles. The molecule has 0 aliphatic heterocycles. The predicted octanol–water partition coefficient (Wildman–Crippen LogP) is 3.24. The Morgan fingerprint density at radius 3 is 3.21 bits per heavy atom. The summed E-state index contributed by atoms with van der Waals surface area (Å²) in [6, 6.07) is 3.74. The molecule has 0 fully saturated rings. The number of amides is 1. The lowest BCUT2D eigenvalue weighted by Crippen LogP contribution is -2.30. The summed E-state index contributed by atoms with van der Waals surface area (Å²) in [7, 11) is 0. The maximum Gasteiger partial charge on any atom is 0.253 e. The summed E-state index contributed by atoms with van der Waals surface area (Å²) >= 11 is 3.32. The number of furan rings is 1. The number of halogens is 1. The van der Waals surface area contributed by atoms with Crippen molar-refractivity contribution in [2.75, 3.05) is 0 Å². The van der Waals surface area contributed by atoms with Gasteiger partial charge < -0.3 is 9.73 Å². The SMILES string of the molecule is O=C(NC1CCCc2occc21)c1cncc(Br)c1. The topological polar surface area (TPSA) is 55.1 Å². The first-order valence-electron chi connectivity index (χ1n) is 6.22. The number of aromatic nitrogens is 1. The van der Waals surface area contributed by atoms with Gasteiger partial charge in [-0.05, 0) is 40.9 Å². The van der Waals surface area contributed by atoms with Gasteiger partial charge in [0.1, 0.15) is 5.76 Å². The molecule has 0 aromatic carbocycles. The predicted molar refractivity (Wildman–Crippen MR) is 73.8 cm³/mol. The summed E-state index contributed by atoms with van der Waals surface area (Å²) in [6.07, 6.45) is 7.84. The van der Waals surface area contributed by atoms with Crippen molar-refractivity contribution in [1.82, 2.24) is 10.3 Å². The minimum Gasteiger partial charge on any atom is -0.469 e. The molecule has 1 aliphatic rings. The summed E-state index contributed by atoms with van der Waals surface area (Å²) in [5, 5.41) is 3.04. The Morgan fingerprint density at radius 2 is 2.37 bits per heavy atom. The highest BCUT2D eigenvalue weighted by molar-refractivity contribution is 9.10. The van der Waals surface area contributed by atoms with E-state index in [1.54, 1.807) is 24.7 Å². The molecule has 1 N–H and O–H groups in total. The second-order valence-corrected chi connectivity index (χ2v) is 5.52. The molecule has 0 saturated carbocycles. The van der Waals surface area contributed by atoms with E-state index in [9.17, 15) is 4.79 Å². The third kappa shape index (κ3) is 2.56. The number of pyridine rings is 1. The van der Waals surface area contributed by atoms with E-state index in [0.29, 0.717) is 5.56 Å². The maximum absolute atomic E-state index is 12.2. The molecule has 19 heavy (non-hydrogen) atoms. The highest BCUT2D eigenvalue weighted by Crippen LogP contribution is 2.30. The Labute approximate surface area is 119 Å². The van der Waals surface area contributed by atoms with Gasteiger partial charge in [-0.25, -0.2) is 0 Å². The average Bonchev–Trinajstić information content (AvgIpc) is 2.88.